The van der Waals surface area contributed by atoms with Crippen LogP contribution in [0.5, 0.6) is 0 Å². The second-order valence-electron chi connectivity index (χ2n) is 8.88. The molecule has 6 nitrogen and oxygen atoms in total. The normalized spacial score (nSPS) is 17.3. The van der Waals surface area contributed by atoms with E-state index in [0.29, 0.717) is 55.1 Å². The monoisotopic (exact) mass is 539 g/mol. The van der Waals surface area contributed by atoms with Crippen molar-refractivity contribution < 1.29 is 17.5 Å². The predicted molar refractivity (Wildman–Crippen MR) is 139 cm³/mol. The number of piperidine rings is 1. The average molecular weight is 540 g/mol. The molecule has 1 saturated heterocycles. The van der Waals surface area contributed by atoms with Gasteiger partial charge in [0.1, 0.15) is 5.82 Å². The van der Waals surface area contributed by atoms with Crippen molar-refractivity contribution in [2.45, 2.75) is 55.5 Å². The number of thioether (sulfide) groups is 1. The molecule has 3 aromatic rings. The minimum atomic E-state index is -3.57. The molecular formula is C25H31ClFN3O3S2. The molecule has 0 spiro atoms. The largest absolute Gasteiger partial charge is 0.382 e. The number of aryl methyl sites for hydroxylation is 1. The van der Waals surface area contributed by atoms with E-state index >= 15 is 0 Å². The number of imidazole rings is 1. The van der Waals surface area contributed by atoms with Gasteiger partial charge in [-0.25, -0.2) is 17.8 Å². The summed E-state index contributed by atoms with van der Waals surface area (Å²) in [6.45, 7) is 7.13. The first-order chi connectivity index (χ1) is 16.8. The van der Waals surface area contributed by atoms with Crippen LogP contribution in [0.4, 0.5) is 4.39 Å². The number of ether oxygens (including phenoxy) is 1. The van der Waals surface area contributed by atoms with Gasteiger partial charge in [0.2, 0.25) is 10.0 Å². The van der Waals surface area contributed by atoms with Crippen LogP contribution in [0.15, 0.2) is 46.5 Å². The van der Waals surface area contributed by atoms with Crippen molar-refractivity contribution in [3.63, 3.8) is 0 Å². The first kappa shape index (κ1) is 26.4. The highest BCUT2D eigenvalue weighted by atomic mass is 35.5. The molecule has 2 aromatic carbocycles. The third-order valence-corrected chi connectivity index (χ3v) is 9.43. The lowest BCUT2D eigenvalue weighted by atomic mass is 10.0. The summed E-state index contributed by atoms with van der Waals surface area (Å²) in [5.74, 6) is 0.502. The fourth-order valence-electron chi connectivity index (χ4n) is 4.34. The molecule has 0 N–H and O–H groups in total. The van der Waals surface area contributed by atoms with Gasteiger partial charge in [0.15, 0.2) is 5.16 Å². The molecule has 0 unspecified atom stereocenters. The van der Waals surface area contributed by atoms with E-state index in [9.17, 15) is 12.8 Å². The van der Waals surface area contributed by atoms with Crippen LogP contribution in [0.1, 0.15) is 38.7 Å². The molecule has 0 amide bonds. The van der Waals surface area contributed by atoms with E-state index in [1.807, 2.05) is 13.0 Å². The zero-order chi connectivity index (χ0) is 25.0. The Morgan fingerprint density at radius 1 is 1.26 bits per heavy atom. The maximum atomic E-state index is 13.4. The molecule has 35 heavy (non-hydrogen) atoms. The van der Waals surface area contributed by atoms with Crippen molar-refractivity contribution >= 4 is 44.4 Å². The third-order valence-electron chi connectivity index (χ3n) is 6.19. The van der Waals surface area contributed by atoms with Crippen LogP contribution in [-0.4, -0.2) is 48.6 Å². The maximum Gasteiger partial charge on any atom is 0.243 e. The van der Waals surface area contributed by atoms with Gasteiger partial charge in [0.05, 0.1) is 15.9 Å². The first-order valence-corrected chi connectivity index (χ1v) is 14.7. The zero-order valence-electron chi connectivity index (χ0n) is 20.0. The van der Waals surface area contributed by atoms with Gasteiger partial charge in [0, 0.05) is 43.6 Å². The highest BCUT2D eigenvalue weighted by molar-refractivity contribution is 7.98. The summed E-state index contributed by atoms with van der Waals surface area (Å²) in [5, 5.41) is 1.14. The Morgan fingerprint density at radius 2 is 2.09 bits per heavy atom. The molecular weight excluding hydrogens is 509 g/mol. The minimum absolute atomic E-state index is 0.274. The molecule has 0 aliphatic carbocycles. The van der Waals surface area contributed by atoms with Crippen molar-refractivity contribution in [3.05, 3.63) is 52.8 Å². The van der Waals surface area contributed by atoms with Crippen LogP contribution < -0.4 is 0 Å². The van der Waals surface area contributed by atoms with Crippen LogP contribution in [-0.2, 0) is 27.1 Å². The summed E-state index contributed by atoms with van der Waals surface area (Å²) in [4.78, 5) is 5.07. The zero-order valence-corrected chi connectivity index (χ0v) is 22.4. The Balaban J connectivity index is 1.63. The van der Waals surface area contributed by atoms with E-state index in [-0.39, 0.29) is 10.7 Å². The highest BCUT2D eigenvalue weighted by Gasteiger charge is 2.29. The molecule has 1 fully saturated rings. The second kappa shape index (κ2) is 11.6. The lowest BCUT2D eigenvalue weighted by Crippen LogP contribution is -2.39. The van der Waals surface area contributed by atoms with Gasteiger partial charge in [-0.05, 0) is 68.0 Å². The molecule has 1 aliphatic rings. The third kappa shape index (κ3) is 6.20. The van der Waals surface area contributed by atoms with Gasteiger partial charge in [-0.15, -0.1) is 0 Å². The summed E-state index contributed by atoms with van der Waals surface area (Å²) in [7, 11) is -3.57. The Bertz CT molecular complexity index is 1280. The van der Waals surface area contributed by atoms with Crippen LogP contribution in [0.3, 0.4) is 0 Å². The molecule has 0 saturated carbocycles. The van der Waals surface area contributed by atoms with E-state index in [0.717, 1.165) is 35.5 Å². The Morgan fingerprint density at radius 3 is 2.83 bits per heavy atom. The summed E-state index contributed by atoms with van der Waals surface area (Å²) >= 11 is 7.71. The molecule has 10 heteroatoms. The maximum absolute atomic E-state index is 13.4. The summed E-state index contributed by atoms with van der Waals surface area (Å²) in [5.41, 5.74) is 2.33. The number of benzene rings is 2. The molecule has 1 aliphatic heterocycles. The Hall–Kier alpha value is -1.65. The van der Waals surface area contributed by atoms with E-state index < -0.39 is 10.0 Å². The van der Waals surface area contributed by atoms with Crippen molar-refractivity contribution in [1.82, 2.24) is 13.9 Å². The molecule has 4 rings (SSSR count). The molecule has 0 bridgehead atoms. The number of hydrogen-bond acceptors (Lipinski definition) is 5. The number of nitrogens with zero attached hydrogens (tertiary/aromatic N) is 3. The van der Waals surface area contributed by atoms with E-state index in [4.69, 9.17) is 21.3 Å². The number of rotatable bonds is 10. The Labute approximate surface area is 215 Å². The van der Waals surface area contributed by atoms with Gasteiger partial charge in [-0.3, -0.25) is 0 Å². The van der Waals surface area contributed by atoms with Crippen molar-refractivity contribution in [2.24, 2.45) is 5.92 Å². The lowest BCUT2D eigenvalue weighted by Gasteiger charge is -2.30. The van der Waals surface area contributed by atoms with E-state index in [1.54, 1.807) is 22.5 Å². The van der Waals surface area contributed by atoms with Crippen LogP contribution in [0.2, 0.25) is 5.02 Å². The summed E-state index contributed by atoms with van der Waals surface area (Å²) in [6.07, 6.45) is 2.73. The SMILES string of the molecule is CCOCCCn1c(SCc2ccc(F)cc2Cl)nc2cc(S(=O)(=O)N3CCC[C@@H](C)C3)ccc21. The van der Waals surface area contributed by atoms with Gasteiger partial charge in [-0.1, -0.05) is 36.4 Å². The van der Waals surface area contributed by atoms with E-state index in [2.05, 4.69) is 11.5 Å². The lowest BCUT2D eigenvalue weighted by molar-refractivity contribution is 0.141. The van der Waals surface area contributed by atoms with Crippen molar-refractivity contribution in [2.75, 3.05) is 26.3 Å². The fourth-order valence-corrected chi connectivity index (χ4v) is 7.31. The molecule has 1 aromatic heterocycles. The molecule has 0 radical (unpaired) electrons. The number of fused-ring (bicyclic) bond motifs is 1. The van der Waals surface area contributed by atoms with Crippen LogP contribution in [0.25, 0.3) is 11.0 Å². The highest BCUT2D eigenvalue weighted by Crippen LogP contribution is 2.32. The minimum Gasteiger partial charge on any atom is -0.382 e. The van der Waals surface area contributed by atoms with E-state index in [1.165, 1.54) is 23.9 Å². The first-order valence-electron chi connectivity index (χ1n) is 11.9. The molecule has 2 heterocycles. The predicted octanol–water partition coefficient (Wildman–Crippen LogP) is 5.97. The number of sulfonamides is 1. The molecule has 190 valence electrons. The fraction of sp³-hybridized carbons (Fsp3) is 0.480. The van der Waals surface area contributed by atoms with Gasteiger partial charge in [0.25, 0.3) is 0 Å². The van der Waals surface area contributed by atoms with Crippen molar-refractivity contribution in [1.29, 1.82) is 0 Å². The van der Waals surface area contributed by atoms with Crippen LogP contribution >= 0.6 is 23.4 Å². The topological polar surface area (TPSA) is 64.4 Å². The smallest absolute Gasteiger partial charge is 0.243 e. The standard InChI is InChI=1S/C25H31ClFN3O3S2/c1-3-33-13-5-12-30-24-10-9-21(35(31,32)29-11-4-6-18(2)16-29)15-23(24)28-25(30)34-17-19-7-8-20(27)14-22(19)26/h7-10,14-15,18H,3-6,11-13,16-17H2,1-2H3/t18-/m1/s1. The second-order valence-corrected chi connectivity index (χ2v) is 12.2. The van der Waals surface area contributed by atoms with Crippen molar-refractivity contribution in [3.8, 4) is 0 Å². The average Bonchev–Trinajstić information content (AvgIpc) is 3.18. The quantitative estimate of drug-likeness (QED) is 0.235. The summed E-state index contributed by atoms with van der Waals surface area (Å²) in [6, 6.07) is 9.59. The number of halogens is 2. The van der Waals surface area contributed by atoms with Gasteiger partial charge >= 0.3 is 0 Å². The van der Waals surface area contributed by atoms with Crippen LogP contribution in [0, 0.1) is 11.7 Å². The van der Waals surface area contributed by atoms with Gasteiger partial charge < -0.3 is 9.30 Å². The number of aromatic nitrogens is 2. The van der Waals surface area contributed by atoms with Gasteiger partial charge in [-0.2, -0.15) is 4.31 Å². The molecule has 1 atom stereocenters. The Kier molecular flexibility index (Phi) is 8.76. The summed E-state index contributed by atoms with van der Waals surface area (Å²) < 4.78 is 49.2. The number of hydrogen-bond donors (Lipinski definition) is 0.